The van der Waals surface area contributed by atoms with Gasteiger partial charge in [-0.05, 0) is 92.2 Å². The molecule has 29 heavy (non-hydrogen) atoms. The van der Waals surface area contributed by atoms with E-state index in [2.05, 4.69) is 65.2 Å². The highest BCUT2D eigenvalue weighted by molar-refractivity contribution is 5.80. The zero-order valence-corrected chi connectivity index (χ0v) is 17.8. The standard InChI is InChI=1S/C22H30N6O/c1-5-15-9-10-18-16(13-15)14-17(21(29)23-18)19(27-11-7-8-12-27)20-24-25-26-28(20)22(3,4)6-2/h9-10,13-14,19H,5-8,11-12H2,1-4H3,(H,23,29). The Hall–Kier alpha value is -2.54. The van der Waals surface area contributed by atoms with Crippen molar-refractivity contribution in [1.29, 1.82) is 0 Å². The summed E-state index contributed by atoms with van der Waals surface area (Å²) in [5, 5.41) is 13.8. The van der Waals surface area contributed by atoms with E-state index < -0.39 is 0 Å². The molecule has 7 heteroatoms. The maximum absolute atomic E-state index is 13.2. The average molecular weight is 395 g/mol. The molecule has 154 valence electrons. The van der Waals surface area contributed by atoms with Crippen LogP contribution in [-0.2, 0) is 12.0 Å². The van der Waals surface area contributed by atoms with Gasteiger partial charge >= 0.3 is 0 Å². The van der Waals surface area contributed by atoms with Crippen molar-refractivity contribution < 1.29 is 0 Å². The van der Waals surface area contributed by atoms with Crippen LogP contribution in [0.3, 0.4) is 0 Å². The Morgan fingerprint density at radius 2 is 1.93 bits per heavy atom. The van der Waals surface area contributed by atoms with Crippen molar-refractivity contribution in [2.24, 2.45) is 0 Å². The molecule has 0 spiro atoms. The lowest BCUT2D eigenvalue weighted by Crippen LogP contribution is -2.37. The fraction of sp³-hybridized carbons (Fsp3) is 0.545. The Labute approximate surface area is 171 Å². The molecule has 0 saturated carbocycles. The SMILES string of the molecule is CCc1ccc2[nH]c(=O)c(C(c3nnnn3C(C)(C)CC)N3CCCC3)cc2c1. The van der Waals surface area contributed by atoms with Gasteiger partial charge in [-0.15, -0.1) is 5.10 Å². The summed E-state index contributed by atoms with van der Waals surface area (Å²) in [5.41, 5.74) is 2.54. The lowest BCUT2D eigenvalue weighted by Gasteiger charge is -2.30. The second kappa shape index (κ2) is 7.71. The van der Waals surface area contributed by atoms with Crippen LogP contribution in [0.2, 0.25) is 0 Å². The maximum Gasteiger partial charge on any atom is 0.253 e. The summed E-state index contributed by atoms with van der Waals surface area (Å²) in [7, 11) is 0. The zero-order valence-electron chi connectivity index (χ0n) is 17.8. The Morgan fingerprint density at radius 3 is 2.62 bits per heavy atom. The average Bonchev–Trinajstić information content (AvgIpc) is 3.41. The lowest BCUT2D eigenvalue weighted by atomic mass is 9.99. The molecule has 1 aromatic carbocycles. The first-order valence-corrected chi connectivity index (χ1v) is 10.6. The molecule has 0 aliphatic carbocycles. The van der Waals surface area contributed by atoms with Crippen molar-refractivity contribution in [1.82, 2.24) is 30.1 Å². The summed E-state index contributed by atoms with van der Waals surface area (Å²) in [5.74, 6) is 0.746. The Balaban J connectivity index is 1.91. The van der Waals surface area contributed by atoms with Gasteiger partial charge in [-0.1, -0.05) is 19.9 Å². The summed E-state index contributed by atoms with van der Waals surface area (Å²) >= 11 is 0. The summed E-state index contributed by atoms with van der Waals surface area (Å²) in [6.07, 6.45) is 4.11. The van der Waals surface area contributed by atoms with Gasteiger partial charge in [-0.2, -0.15) is 0 Å². The van der Waals surface area contributed by atoms with E-state index in [-0.39, 0.29) is 17.1 Å². The number of aryl methyl sites for hydroxylation is 1. The molecular formula is C22H30N6O. The highest BCUT2D eigenvalue weighted by Gasteiger charge is 2.35. The van der Waals surface area contributed by atoms with Gasteiger partial charge < -0.3 is 4.98 Å². The molecule has 1 N–H and O–H groups in total. The van der Waals surface area contributed by atoms with Crippen molar-refractivity contribution >= 4 is 10.9 Å². The maximum atomic E-state index is 13.2. The van der Waals surface area contributed by atoms with Crippen LogP contribution < -0.4 is 5.56 Å². The van der Waals surface area contributed by atoms with Gasteiger partial charge in [0, 0.05) is 11.1 Å². The minimum atomic E-state index is -0.253. The predicted molar refractivity (Wildman–Crippen MR) is 114 cm³/mol. The number of benzene rings is 1. The van der Waals surface area contributed by atoms with Crippen molar-refractivity contribution in [2.45, 2.75) is 65.0 Å². The molecule has 3 heterocycles. The summed E-state index contributed by atoms with van der Waals surface area (Å²) in [6, 6.07) is 8.01. The van der Waals surface area contributed by atoms with E-state index in [1.807, 2.05) is 16.8 Å². The van der Waals surface area contributed by atoms with Crippen LogP contribution in [-0.4, -0.2) is 43.2 Å². The van der Waals surface area contributed by atoms with E-state index in [4.69, 9.17) is 0 Å². The van der Waals surface area contributed by atoms with E-state index in [0.29, 0.717) is 0 Å². The summed E-state index contributed by atoms with van der Waals surface area (Å²) < 4.78 is 1.90. The normalized spacial score (nSPS) is 16.6. The van der Waals surface area contributed by atoms with Crippen molar-refractivity contribution in [3.8, 4) is 0 Å². The number of nitrogens with zero attached hydrogens (tertiary/aromatic N) is 5. The fourth-order valence-electron chi connectivity index (χ4n) is 4.14. The molecule has 3 aromatic rings. The second-order valence-electron chi connectivity index (χ2n) is 8.59. The van der Waals surface area contributed by atoms with E-state index >= 15 is 0 Å². The van der Waals surface area contributed by atoms with Crippen LogP contribution in [0.1, 0.15) is 70.0 Å². The molecule has 0 amide bonds. The van der Waals surface area contributed by atoms with E-state index in [1.165, 1.54) is 5.56 Å². The number of hydrogen-bond acceptors (Lipinski definition) is 5. The number of likely N-dealkylation sites (tertiary alicyclic amines) is 1. The molecule has 1 atom stereocenters. The third kappa shape index (κ3) is 3.59. The summed E-state index contributed by atoms with van der Waals surface area (Å²) in [4.78, 5) is 18.6. The number of rotatable bonds is 6. The first kappa shape index (κ1) is 19.8. The molecule has 1 unspecified atom stereocenters. The third-order valence-electron chi connectivity index (χ3n) is 6.32. The first-order chi connectivity index (χ1) is 13.9. The van der Waals surface area contributed by atoms with E-state index in [0.717, 1.165) is 61.1 Å². The van der Waals surface area contributed by atoms with Gasteiger partial charge in [-0.3, -0.25) is 9.69 Å². The first-order valence-electron chi connectivity index (χ1n) is 10.6. The zero-order chi connectivity index (χ0) is 20.6. The quantitative estimate of drug-likeness (QED) is 0.693. The molecule has 0 bridgehead atoms. The minimum Gasteiger partial charge on any atom is -0.322 e. The third-order valence-corrected chi connectivity index (χ3v) is 6.32. The van der Waals surface area contributed by atoms with Crippen LogP contribution in [0.15, 0.2) is 29.1 Å². The van der Waals surface area contributed by atoms with Crippen molar-refractivity contribution in [3.63, 3.8) is 0 Å². The molecule has 1 saturated heterocycles. The second-order valence-corrected chi connectivity index (χ2v) is 8.59. The summed E-state index contributed by atoms with van der Waals surface area (Å²) in [6.45, 7) is 10.4. The number of nitrogens with one attached hydrogen (secondary N) is 1. The van der Waals surface area contributed by atoms with E-state index in [9.17, 15) is 4.79 Å². The molecule has 0 radical (unpaired) electrons. The fourth-order valence-corrected chi connectivity index (χ4v) is 4.14. The number of aromatic amines is 1. The molecule has 7 nitrogen and oxygen atoms in total. The van der Waals surface area contributed by atoms with Crippen molar-refractivity contribution in [2.75, 3.05) is 13.1 Å². The Kier molecular flexibility index (Phi) is 5.25. The van der Waals surface area contributed by atoms with Crippen molar-refractivity contribution in [3.05, 3.63) is 51.6 Å². The highest BCUT2D eigenvalue weighted by atomic mass is 16.1. The number of tetrazole rings is 1. The number of pyridine rings is 1. The van der Waals surface area contributed by atoms with Gasteiger partial charge in [0.05, 0.1) is 5.54 Å². The van der Waals surface area contributed by atoms with Gasteiger partial charge in [0.25, 0.3) is 5.56 Å². The predicted octanol–water partition coefficient (Wildman–Crippen LogP) is 3.41. The van der Waals surface area contributed by atoms with Crippen LogP contribution in [0.5, 0.6) is 0 Å². The van der Waals surface area contributed by atoms with Crippen LogP contribution >= 0.6 is 0 Å². The lowest BCUT2D eigenvalue weighted by molar-refractivity contribution is 0.230. The van der Waals surface area contributed by atoms with Crippen LogP contribution in [0.4, 0.5) is 0 Å². The molecule has 1 fully saturated rings. The number of aromatic nitrogens is 5. The molecule has 4 rings (SSSR count). The smallest absolute Gasteiger partial charge is 0.253 e. The Bertz CT molecular complexity index is 1060. The largest absolute Gasteiger partial charge is 0.322 e. The molecule has 1 aliphatic rings. The van der Waals surface area contributed by atoms with Gasteiger partial charge in [-0.25, -0.2) is 4.68 Å². The van der Waals surface area contributed by atoms with Gasteiger partial charge in [0.1, 0.15) is 6.04 Å². The van der Waals surface area contributed by atoms with Gasteiger partial charge in [0.2, 0.25) is 0 Å². The monoisotopic (exact) mass is 394 g/mol. The highest BCUT2D eigenvalue weighted by Crippen LogP contribution is 2.32. The molecular weight excluding hydrogens is 364 g/mol. The number of fused-ring (bicyclic) bond motifs is 1. The number of hydrogen-bond donors (Lipinski definition) is 1. The Morgan fingerprint density at radius 1 is 1.17 bits per heavy atom. The molecule has 2 aromatic heterocycles. The van der Waals surface area contributed by atoms with Crippen LogP contribution in [0, 0.1) is 0 Å². The van der Waals surface area contributed by atoms with Crippen LogP contribution in [0.25, 0.3) is 10.9 Å². The topological polar surface area (TPSA) is 79.7 Å². The van der Waals surface area contributed by atoms with Gasteiger partial charge in [0.15, 0.2) is 5.82 Å². The number of H-pyrrole nitrogens is 1. The minimum absolute atomic E-state index is 0.0671. The molecule has 1 aliphatic heterocycles. The van der Waals surface area contributed by atoms with E-state index in [1.54, 1.807) is 0 Å².